The van der Waals surface area contributed by atoms with Crippen LogP contribution in [0.4, 0.5) is 4.79 Å². The van der Waals surface area contributed by atoms with Gasteiger partial charge in [0.05, 0.1) is 38.3 Å². The number of rotatable bonds is 5. The molecule has 9 heteroatoms. The lowest BCUT2D eigenvalue weighted by atomic mass is 9.91. The smallest absolute Gasteiger partial charge is 0.449 e. The van der Waals surface area contributed by atoms with Crippen molar-refractivity contribution in [3.8, 4) is 0 Å². The number of aliphatic hydroxyl groups is 1. The van der Waals surface area contributed by atoms with Gasteiger partial charge in [0.2, 0.25) is 5.88 Å². The van der Waals surface area contributed by atoms with Gasteiger partial charge < -0.3 is 19.9 Å². The zero-order valence-electron chi connectivity index (χ0n) is 13.9. The highest BCUT2D eigenvalue weighted by atomic mass is 32.2. The van der Waals surface area contributed by atoms with Crippen molar-refractivity contribution in [1.29, 1.82) is 0 Å². The molecule has 2 aliphatic heterocycles. The van der Waals surface area contributed by atoms with Crippen LogP contribution in [-0.4, -0.2) is 47.7 Å². The van der Waals surface area contributed by atoms with Crippen LogP contribution in [0.2, 0.25) is 0 Å². The fourth-order valence-corrected chi connectivity index (χ4v) is 5.47. The summed E-state index contributed by atoms with van der Waals surface area (Å²) in [5.41, 5.74) is 1.77. The van der Waals surface area contributed by atoms with E-state index in [0.29, 0.717) is 17.8 Å². The fourth-order valence-electron chi connectivity index (χ4n) is 3.31. The summed E-state index contributed by atoms with van der Waals surface area (Å²) < 4.78 is 5.03. The van der Waals surface area contributed by atoms with Crippen LogP contribution < -0.4 is 0 Å². The highest BCUT2D eigenvalue weighted by Gasteiger charge is 2.55. The zero-order chi connectivity index (χ0) is 18.4. The Morgan fingerprint density at radius 1 is 1.50 bits per heavy atom. The third kappa shape index (κ3) is 2.76. The Morgan fingerprint density at radius 2 is 2.27 bits per heavy atom. The zero-order valence-corrected chi connectivity index (χ0v) is 15.5. The number of nitrogens with zero attached hydrogens (tertiary/aromatic N) is 2. The highest BCUT2D eigenvalue weighted by Crippen LogP contribution is 2.52. The molecule has 4 rings (SSSR count). The highest BCUT2D eigenvalue weighted by molar-refractivity contribution is 8.04. The van der Waals surface area contributed by atoms with Crippen molar-refractivity contribution in [3.05, 3.63) is 40.9 Å². The van der Waals surface area contributed by atoms with E-state index in [-0.39, 0.29) is 17.2 Å². The lowest BCUT2D eigenvalue weighted by Crippen LogP contribution is -2.59. The molecule has 136 valence electrons. The molecular formula is C17H17N3O4S2. The van der Waals surface area contributed by atoms with Gasteiger partial charge in [-0.15, -0.1) is 0 Å². The van der Waals surface area contributed by atoms with E-state index < -0.39 is 12.3 Å². The van der Waals surface area contributed by atoms with Gasteiger partial charge in [0.25, 0.3) is 0 Å². The number of thiocarbonyl (C=S) groups is 1. The summed E-state index contributed by atoms with van der Waals surface area (Å²) in [6.07, 6.45) is -0.936. The molecular weight excluding hydrogens is 374 g/mol. The minimum absolute atomic E-state index is 0.133. The number of hydrogen-bond donors (Lipinski definition) is 3. The molecule has 0 bridgehead atoms. The molecule has 2 aromatic rings. The Kier molecular flexibility index (Phi) is 4.37. The van der Waals surface area contributed by atoms with Crippen molar-refractivity contribution >= 4 is 46.2 Å². The molecule has 1 saturated heterocycles. The summed E-state index contributed by atoms with van der Waals surface area (Å²) >= 11 is 6.89. The molecule has 1 fully saturated rings. The summed E-state index contributed by atoms with van der Waals surface area (Å²) in [5.74, 6) is 0.777. The van der Waals surface area contributed by atoms with Crippen LogP contribution in [0, 0.1) is 5.92 Å². The van der Waals surface area contributed by atoms with Gasteiger partial charge in [-0.05, 0) is 18.6 Å². The Bertz CT molecular complexity index is 893. The first-order chi connectivity index (χ1) is 12.5. The van der Waals surface area contributed by atoms with Crippen molar-refractivity contribution in [1.82, 2.24) is 14.9 Å². The first-order valence-corrected chi connectivity index (χ1v) is 9.53. The Hall–Kier alpha value is -2.10. The molecule has 3 N–H and O–H groups in total. The second-order valence-electron chi connectivity index (χ2n) is 6.19. The number of para-hydroxylation sites is 2. The number of fused-ring (bicyclic) bond motifs is 2. The number of H-pyrrole nitrogens is 1. The second-order valence-corrected chi connectivity index (χ2v) is 7.82. The predicted octanol–water partition coefficient (Wildman–Crippen LogP) is 3.07. The van der Waals surface area contributed by atoms with Gasteiger partial charge in [0, 0.05) is 6.42 Å². The van der Waals surface area contributed by atoms with E-state index in [4.69, 9.17) is 22.1 Å². The molecule has 0 amide bonds. The van der Waals surface area contributed by atoms with Crippen LogP contribution >= 0.6 is 24.0 Å². The summed E-state index contributed by atoms with van der Waals surface area (Å²) in [7, 11) is 0. The summed E-state index contributed by atoms with van der Waals surface area (Å²) in [6.45, 7) is 1.90. The molecule has 1 aromatic heterocycles. The van der Waals surface area contributed by atoms with E-state index in [2.05, 4.69) is 9.97 Å². The first-order valence-electron chi connectivity index (χ1n) is 8.25. The lowest BCUT2D eigenvalue weighted by Gasteiger charge is -2.46. The van der Waals surface area contributed by atoms with Crippen LogP contribution in [0.3, 0.4) is 0 Å². The normalized spacial score (nSPS) is 23.2. The maximum atomic E-state index is 11.1. The Balaban J connectivity index is 1.63. The number of aliphatic hydroxyl groups excluding tert-OH is 1. The third-order valence-electron chi connectivity index (χ3n) is 4.59. The summed E-state index contributed by atoms with van der Waals surface area (Å²) in [5, 5.41) is 19.2. The van der Waals surface area contributed by atoms with Gasteiger partial charge in [-0.3, -0.25) is 4.90 Å². The third-order valence-corrected chi connectivity index (χ3v) is 6.41. The second kappa shape index (κ2) is 6.57. The topological polar surface area (TPSA) is 98.7 Å². The molecule has 0 saturated carbocycles. The molecule has 0 aliphatic carbocycles. The largest absolute Gasteiger partial charge is 0.512 e. The molecule has 0 radical (unpaired) electrons. The van der Waals surface area contributed by atoms with Crippen molar-refractivity contribution in [2.45, 2.75) is 31.2 Å². The number of ether oxygens (including phenoxy) is 1. The van der Waals surface area contributed by atoms with Crippen molar-refractivity contribution in [3.63, 3.8) is 0 Å². The summed E-state index contributed by atoms with van der Waals surface area (Å²) in [6, 6.07) is 7.69. The summed E-state index contributed by atoms with van der Waals surface area (Å²) in [4.78, 5) is 21.9. The number of carbonyl (C=O) groups is 1. The number of nitrogens with one attached hydrogen (secondary N) is 1. The van der Waals surface area contributed by atoms with Gasteiger partial charge in [-0.25, -0.2) is 9.78 Å². The quantitative estimate of drug-likeness (QED) is 0.528. The SMILES string of the molecule is CC[C@H](O)[C@H]1C(=S)N2C(OC(=O)O)=C(Cc3nc4ccccc4[nH]3)S[C@H]12. The Morgan fingerprint density at radius 3 is 2.96 bits per heavy atom. The van der Waals surface area contributed by atoms with Gasteiger partial charge in [-0.2, -0.15) is 0 Å². The van der Waals surface area contributed by atoms with E-state index in [0.717, 1.165) is 21.8 Å². The number of aromatic amines is 1. The minimum Gasteiger partial charge on any atom is -0.449 e. The van der Waals surface area contributed by atoms with Crippen molar-refractivity contribution < 1.29 is 19.7 Å². The van der Waals surface area contributed by atoms with Gasteiger partial charge >= 0.3 is 6.16 Å². The molecule has 0 spiro atoms. The minimum atomic E-state index is -1.38. The van der Waals surface area contributed by atoms with Crippen LogP contribution in [0.5, 0.6) is 0 Å². The van der Waals surface area contributed by atoms with Gasteiger partial charge in [0.1, 0.15) is 5.82 Å². The fraction of sp³-hybridized carbons (Fsp3) is 0.353. The molecule has 2 aliphatic rings. The number of imidazole rings is 1. The first kappa shape index (κ1) is 17.3. The van der Waals surface area contributed by atoms with Crippen molar-refractivity contribution in [2.75, 3.05) is 0 Å². The molecule has 7 nitrogen and oxygen atoms in total. The number of allylic oxidation sites excluding steroid dienone is 1. The van der Waals surface area contributed by atoms with Gasteiger partial charge in [-0.1, -0.05) is 43.0 Å². The molecule has 26 heavy (non-hydrogen) atoms. The maximum absolute atomic E-state index is 11.1. The van der Waals surface area contributed by atoms with Crippen LogP contribution in [0.1, 0.15) is 19.2 Å². The number of thioether (sulfide) groups is 1. The number of hydrogen-bond acceptors (Lipinski definition) is 6. The van der Waals surface area contributed by atoms with E-state index in [1.165, 1.54) is 11.8 Å². The van der Waals surface area contributed by atoms with Crippen molar-refractivity contribution in [2.24, 2.45) is 5.92 Å². The predicted molar refractivity (Wildman–Crippen MR) is 102 cm³/mol. The molecule has 0 unspecified atom stereocenters. The van der Waals surface area contributed by atoms with Gasteiger partial charge in [0.15, 0.2) is 0 Å². The Labute approximate surface area is 159 Å². The van der Waals surface area contributed by atoms with Crippen LogP contribution in [0.25, 0.3) is 11.0 Å². The monoisotopic (exact) mass is 391 g/mol. The van der Waals surface area contributed by atoms with E-state index in [9.17, 15) is 9.90 Å². The number of carboxylic acid groups (broad SMARTS) is 1. The van der Waals surface area contributed by atoms with E-state index >= 15 is 0 Å². The van der Waals surface area contributed by atoms with E-state index in [1.54, 1.807) is 4.90 Å². The number of aromatic nitrogens is 2. The lowest BCUT2D eigenvalue weighted by molar-refractivity contribution is 0.0574. The molecule has 3 heterocycles. The standard InChI is InChI=1S/C17H17N3O4S2/c1-2-10(21)13-15(25)20-14(24-17(22)23)11(26-16(13)20)7-12-18-8-5-3-4-6-9(8)19-12/h3-6,10,13,16,21H,2,7H2,1H3,(H,18,19)(H,22,23)/t10-,13-,16+/m0/s1. The molecule has 1 aromatic carbocycles. The van der Waals surface area contributed by atoms with Crippen LogP contribution in [-0.2, 0) is 11.2 Å². The average molecular weight is 391 g/mol. The molecule has 3 atom stereocenters. The van der Waals surface area contributed by atoms with Crippen LogP contribution in [0.15, 0.2) is 35.1 Å². The van der Waals surface area contributed by atoms with E-state index in [1.807, 2.05) is 31.2 Å². The maximum Gasteiger partial charge on any atom is 0.512 e. The average Bonchev–Trinajstić information content (AvgIpc) is 3.13. The number of benzene rings is 1.